The Labute approximate surface area is 259 Å². The third-order valence-corrected chi connectivity index (χ3v) is 8.98. The van der Waals surface area contributed by atoms with Gasteiger partial charge < -0.3 is 98.4 Å². The average Bonchev–Trinajstić information content (AvgIpc) is 3.52. The van der Waals surface area contributed by atoms with Crippen LogP contribution >= 0.6 is 0 Å². The number of ether oxygens (including phenoxy) is 10. The monoisotopic (exact) mass is 674 g/mol. The molecule has 6 fully saturated rings. The Morgan fingerprint density at radius 2 is 1.26 bits per heavy atom. The summed E-state index contributed by atoms with van der Waals surface area (Å²) >= 11 is 0. The van der Waals surface area contributed by atoms with Gasteiger partial charge in [-0.05, 0) is 0 Å². The maximum Gasteiger partial charge on any atom is 0.360 e. The quantitative estimate of drug-likeness (QED) is 0.0760. The van der Waals surface area contributed by atoms with Gasteiger partial charge in [0.2, 0.25) is 0 Å². The van der Waals surface area contributed by atoms with Gasteiger partial charge >= 0.3 is 5.97 Å². The highest BCUT2D eigenvalue weighted by Gasteiger charge is 2.63. The lowest BCUT2D eigenvalue weighted by Crippen LogP contribution is -2.70. The van der Waals surface area contributed by atoms with Gasteiger partial charge in [-0.15, -0.1) is 0 Å². The lowest BCUT2D eigenvalue weighted by molar-refractivity contribution is -0.464. The van der Waals surface area contributed by atoms with Crippen LogP contribution in [-0.2, 0) is 52.2 Å². The van der Waals surface area contributed by atoms with Crippen molar-refractivity contribution in [2.75, 3.05) is 26.4 Å². The molecule has 4 bridgehead atoms. The summed E-state index contributed by atoms with van der Waals surface area (Å²) < 4.78 is 55.2. The zero-order valence-electron chi connectivity index (χ0n) is 23.8. The van der Waals surface area contributed by atoms with E-state index in [1.165, 1.54) is 0 Å². The second-order valence-corrected chi connectivity index (χ2v) is 11.8. The predicted molar refractivity (Wildman–Crippen MR) is 133 cm³/mol. The molecule has 21 nitrogen and oxygen atoms in total. The number of carbonyl (C=O) groups excluding carboxylic acids is 1. The molecule has 6 heterocycles. The smallest absolute Gasteiger partial charge is 0.360 e. The van der Waals surface area contributed by atoms with Crippen molar-refractivity contribution in [2.24, 2.45) is 0 Å². The molecule has 46 heavy (non-hydrogen) atoms. The number of rotatable bonds is 10. The fourth-order valence-electron chi connectivity index (χ4n) is 6.51. The molecule has 0 radical (unpaired) electrons. The van der Waals surface area contributed by atoms with E-state index in [0.717, 1.165) is 0 Å². The highest BCUT2D eigenvalue weighted by Crippen LogP contribution is 2.41. The van der Waals surface area contributed by atoms with Gasteiger partial charge in [0.25, 0.3) is 6.47 Å². The summed E-state index contributed by atoms with van der Waals surface area (Å²) in [5, 5.41) is 104. The summed E-state index contributed by atoms with van der Waals surface area (Å²) in [5.41, 5.74) is 0. The van der Waals surface area contributed by atoms with E-state index in [2.05, 4.69) is 0 Å². The molecule has 264 valence electrons. The van der Waals surface area contributed by atoms with Crippen molar-refractivity contribution < 1.29 is 103 Å². The van der Waals surface area contributed by atoms with Crippen LogP contribution in [0.1, 0.15) is 0 Å². The van der Waals surface area contributed by atoms with E-state index >= 15 is 0 Å². The number of fused-ring (bicyclic) bond motifs is 4. The van der Waals surface area contributed by atoms with Gasteiger partial charge in [0.1, 0.15) is 91.6 Å². The highest BCUT2D eigenvalue weighted by atomic mass is 16.9. The molecule has 6 aliphatic rings. The van der Waals surface area contributed by atoms with Crippen molar-refractivity contribution in [1.29, 1.82) is 0 Å². The van der Waals surface area contributed by atoms with Gasteiger partial charge in [-0.3, -0.25) is 4.79 Å². The highest BCUT2D eigenvalue weighted by molar-refractivity contribution is 5.38. The number of hydrogen-bond acceptors (Lipinski definition) is 21. The lowest BCUT2D eigenvalue weighted by Gasteiger charge is -2.49. The van der Waals surface area contributed by atoms with E-state index in [4.69, 9.17) is 47.4 Å². The zero-order valence-corrected chi connectivity index (χ0v) is 23.8. The van der Waals surface area contributed by atoms with Crippen LogP contribution < -0.4 is 0 Å². The summed E-state index contributed by atoms with van der Waals surface area (Å²) in [6.45, 7) is -2.10. The van der Waals surface area contributed by atoms with Crippen molar-refractivity contribution >= 4 is 6.47 Å². The molecule has 6 saturated heterocycles. The average molecular weight is 675 g/mol. The van der Waals surface area contributed by atoms with Crippen molar-refractivity contribution in [3.63, 3.8) is 0 Å². The first-order chi connectivity index (χ1) is 21.9. The topological polar surface area (TPSA) is 312 Å². The molecule has 20 atom stereocenters. The van der Waals surface area contributed by atoms with Crippen molar-refractivity contribution in [2.45, 2.75) is 123 Å². The van der Waals surface area contributed by atoms with Crippen LogP contribution in [-0.4, -0.2) is 206 Å². The summed E-state index contributed by atoms with van der Waals surface area (Å²) in [4.78, 5) is 11.3. The fourth-order valence-corrected chi connectivity index (χ4v) is 6.51. The standard InChI is InChI=1S/C25H38O21/c26-1-6-11(30)18(14(33)23(41-6)43-16-8-3-37-19(16)13(32)22(36)40-8)44-24-15(34)20-17(9(42-24)4-38-20)46-25(39-5-28)21(35)12(31)10(29)7(2-27)45-25/h5-24,26-27,29-36H,1-4H2/t6-,7-,8+,9+,10+,11-,12+,13+,14-,15+,16+,17+,18+,19+,20+,21-,22-,23+,24+,25+/m1/s1. The Morgan fingerprint density at radius 3 is 1.91 bits per heavy atom. The molecular formula is C25H38O21. The fraction of sp³-hybridized carbons (Fsp3) is 0.960. The van der Waals surface area contributed by atoms with E-state index in [1.54, 1.807) is 0 Å². The number of aliphatic hydroxyl groups excluding tert-OH is 10. The Balaban J connectivity index is 1.16. The Bertz CT molecular complexity index is 1050. The third-order valence-electron chi connectivity index (χ3n) is 8.98. The summed E-state index contributed by atoms with van der Waals surface area (Å²) in [5.74, 6) is -2.78. The molecule has 0 aliphatic carbocycles. The van der Waals surface area contributed by atoms with E-state index in [-0.39, 0.29) is 19.7 Å². The van der Waals surface area contributed by atoms with E-state index < -0.39 is 136 Å². The van der Waals surface area contributed by atoms with E-state index in [0.29, 0.717) is 0 Å². The Kier molecular flexibility index (Phi) is 10.2. The van der Waals surface area contributed by atoms with E-state index in [1.807, 2.05) is 0 Å². The minimum Gasteiger partial charge on any atom is -0.408 e. The van der Waals surface area contributed by atoms with Crippen LogP contribution in [0.25, 0.3) is 0 Å². The Hall–Kier alpha value is -1.29. The van der Waals surface area contributed by atoms with Gasteiger partial charge in [0.15, 0.2) is 25.0 Å². The first-order valence-corrected chi connectivity index (χ1v) is 14.6. The molecule has 0 aromatic rings. The van der Waals surface area contributed by atoms with Gasteiger partial charge in [-0.1, -0.05) is 0 Å². The summed E-state index contributed by atoms with van der Waals surface area (Å²) in [6.07, 6.45) is -28.8. The van der Waals surface area contributed by atoms with E-state index in [9.17, 15) is 55.9 Å². The van der Waals surface area contributed by atoms with Crippen LogP contribution in [0.15, 0.2) is 0 Å². The Morgan fingerprint density at radius 1 is 0.652 bits per heavy atom. The summed E-state index contributed by atoms with van der Waals surface area (Å²) in [7, 11) is 0. The van der Waals surface area contributed by atoms with Crippen molar-refractivity contribution in [3.8, 4) is 0 Å². The maximum atomic E-state index is 11.3. The van der Waals surface area contributed by atoms with Crippen molar-refractivity contribution in [1.82, 2.24) is 0 Å². The largest absolute Gasteiger partial charge is 0.408 e. The van der Waals surface area contributed by atoms with Gasteiger partial charge in [-0.25, -0.2) is 0 Å². The molecule has 0 saturated carbocycles. The molecule has 6 aliphatic heterocycles. The molecule has 0 amide bonds. The van der Waals surface area contributed by atoms with Crippen LogP contribution in [0.4, 0.5) is 0 Å². The SMILES string of the molecule is O=CO[C@]1(O[C@@H]2[C@H]3OC[C@@H]2O[C@@H](O[C@@H]2[C@@H](O)[C@H](O[C@@H]4[C@H]5OC[C@@H]4O[C@@H](O)[C@H]5O)O[C@H](CO)[C@H]2O)[C@H]3O)O[C@H](CO)[C@H](O)[C@H](O)[C@H]1O. The number of hydrogen-bond donors (Lipinski definition) is 10. The molecule has 0 aromatic heterocycles. The molecular weight excluding hydrogens is 636 g/mol. The second kappa shape index (κ2) is 13.5. The molecule has 0 unspecified atom stereocenters. The number of carbonyl (C=O) groups is 1. The minimum absolute atomic E-state index is 0.0478. The first-order valence-electron chi connectivity index (χ1n) is 14.6. The van der Waals surface area contributed by atoms with Gasteiger partial charge in [0.05, 0.1) is 26.4 Å². The van der Waals surface area contributed by atoms with Crippen LogP contribution in [0.2, 0.25) is 0 Å². The van der Waals surface area contributed by atoms with Crippen LogP contribution in [0.3, 0.4) is 0 Å². The second-order valence-electron chi connectivity index (χ2n) is 11.8. The molecule has 6 rings (SSSR count). The lowest BCUT2D eigenvalue weighted by atomic mass is 9.96. The van der Waals surface area contributed by atoms with Gasteiger partial charge in [-0.2, -0.15) is 0 Å². The molecule has 0 spiro atoms. The summed E-state index contributed by atoms with van der Waals surface area (Å²) in [6, 6.07) is 0. The predicted octanol–water partition coefficient (Wildman–Crippen LogP) is -8.16. The van der Waals surface area contributed by atoms with Gasteiger partial charge in [0, 0.05) is 0 Å². The molecule has 10 N–H and O–H groups in total. The zero-order chi connectivity index (χ0) is 33.1. The van der Waals surface area contributed by atoms with Crippen molar-refractivity contribution in [3.05, 3.63) is 0 Å². The normalized spacial score (nSPS) is 55.3. The molecule has 0 aromatic carbocycles. The first kappa shape index (κ1) is 34.6. The number of aliphatic hydroxyl groups is 10. The van der Waals surface area contributed by atoms with Crippen LogP contribution in [0.5, 0.6) is 0 Å². The minimum atomic E-state index is -2.78. The molecule has 21 heteroatoms. The van der Waals surface area contributed by atoms with Crippen LogP contribution in [0, 0.1) is 0 Å². The third kappa shape index (κ3) is 5.85. The maximum absolute atomic E-state index is 11.3.